The van der Waals surface area contributed by atoms with Gasteiger partial charge in [-0.1, -0.05) is 36.8 Å². The third-order valence-electron chi connectivity index (χ3n) is 3.70. The monoisotopic (exact) mass is 262 g/mol. The van der Waals surface area contributed by atoms with Crippen LogP contribution in [0.2, 0.25) is 0 Å². The summed E-state index contributed by atoms with van der Waals surface area (Å²) < 4.78 is 0. The van der Waals surface area contributed by atoms with E-state index < -0.39 is 0 Å². The van der Waals surface area contributed by atoms with Crippen molar-refractivity contribution in [2.75, 3.05) is 13.6 Å². The molecule has 0 spiro atoms. The standard InChI is InChI=1S/C17H30N2/c1-6-10-18-15(3)12-16(4)19(5)13-17-9-7-8-14(2)11-17/h7-9,11,15-16,18H,6,10,12-13H2,1-5H3. The minimum Gasteiger partial charge on any atom is -0.314 e. The van der Waals surface area contributed by atoms with Gasteiger partial charge in [0.25, 0.3) is 0 Å². The van der Waals surface area contributed by atoms with Crippen molar-refractivity contribution in [2.45, 2.75) is 59.2 Å². The maximum absolute atomic E-state index is 3.56. The molecule has 0 heterocycles. The van der Waals surface area contributed by atoms with Crippen molar-refractivity contribution in [3.63, 3.8) is 0 Å². The molecule has 2 nitrogen and oxygen atoms in total. The lowest BCUT2D eigenvalue weighted by Gasteiger charge is -2.27. The third-order valence-corrected chi connectivity index (χ3v) is 3.70. The van der Waals surface area contributed by atoms with Crippen molar-refractivity contribution in [1.82, 2.24) is 10.2 Å². The minimum atomic E-state index is 0.593. The quantitative estimate of drug-likeness (QED) is 0.770. The molecule has 19 heavy (non-hydrogen) atoms. The van der Waals surface area contributed by atoms with Crippen molar-refractivity contribution in [3.8, 4) is 0 Å². The Kier molecular flexibility index (Phi) is 7.11. The van der Waals surface area contributed by atoms with Gasteiger partial charge < -0.3 is 5.32 Å². The highest BCUT2D eigenvalue weighted by Gasteiger charge is 2.13. The third kappa shape index (κ3) is 6.22. The molecule has 2 atom stereocenters. The lowest BCUT2D eigenvalue weighted by molar-refractivity contribution is 0.223. The molecule has 1 rings (SSSR count). The summed E-state index contributed by atoms with van der Waals surface area (Å²) in [6.45, 7) is 11.1. The lowest BCUT2D eigenvalue weighted by Crippen LogP contribution is -2.36. The second-order valence-corrected chi connectivity index (χ2v) is 5.84. The molecule has 0 saturated heterocycles. The van der Waals surface area contributed by atoms with Gasteiger partial charge in [0.05, 0.1) is 0 Å². The molecule has 2 heteroatoms. The zero-order chi connectivity index (χ0) is 14.3. The average Bonchev–Trinajstić information content (AvgIpc) is 2.36. The number of benzene rings is 1. The van der Waals surface area contributed by atoms with Gasteiger partial charge in [0.2, 0.25) is 0 Å². The maximum Gasteiger partial charge on any atom is 0.0233 e. The smallest absolute Gasteiger partial charge is 0.0233 e. The first-order valence-corrected chi connectivity index (χ1v) is 7.52. The molecule has 0 amide bonds. The number of hydrogen-bond acceptors (Lipinski definition) is 2. The van der Waals surface area contributed by atoms with Crippen molar-refractivity contribution >= 4 is 0 Å². The Morgan fingerprint density at radius 3 is 2.63 bits per heavy atom. The topological polar surface area (TPSA) is 15.3 Å². The Labute approximate surface area is 119 Å². The molecule has 0 aromatic heterocycles. The van der Waals surface area contributed by atoms with E-state index >= 15 is 0 Å². The van der Waals surface area contributed by atoms with Gasteiger partial charge in [0.1, 0.15) is 0 Å². The van der Waals surface area contributed by atoms with Gasteiger partial charge in [0, 0.05) is 18.6 Å². The molecule has 0 saturated carbocycles. The number of rotatable bonds is 8. The molecule has 0 radical (unpaired) electrons. The van der Waals surface area contributed by atoms with E-state index in [0.717, 1.165) is 13.1 Å². The van der Waals surface area contributed by atoms with Crippen LogP contribution in [0.1, 0.15) is 44.7 Å². The Morgan fingerprint density at radius 1 is 1.26 bits per heavy atom. The Balaban J connectivity index is 2.41. The molecule has 0 bridgehead atoms. The summed E-state index contributed by atoms with van der Waals surface area (Å²) in [5, 5.41) is 3.56. The van der Waals surface area contributed by atoms with E-state index in [9.17, 15) is 0 Å². The van der Waals surface area contributed by atoms with Crippen molar-refractivity contribution in [1.29, 1.82) is 0 Å². The van der Waals surface area contributed by atoms with Crippen LogP contribution in [0, 0.1) is 6.92 Å². The predicted octanol–water partition coefficient (Wildman–Crippen LogP) is 3.59. The zero-order valence-corrected chi connectivity index (χ0v) is 13.2. The second kappa shape index (κ2) is 8.34. The van der Waals surface area contributed by atoms with Gasteiger partial charge in [0.15, 0.2) is 0 Å². The van der Waals surface area contributed by atoms with Crippen LogP contribution in [0.5, 0.6) is 0 Å². The molecule has 0 aliphatic rings. The van der Waals surface area contributed by atoms with Crippen LogP contribution in [0.3, 0.4) is 0 Å². The summed E-state index contributed by atoms with van der Waals surface area (Å²) in [6.07, 6.45) is 2.40. The predicted molar refractivity (Wildman–Crippen MR) is 84.5 cm³/mol. The SMILES string of the molecule is CCCNC(C)CC(C)N(C)Cc1cccc(C)c1. The summed E-state index contributed by atoms with van der Waals surface area (Å²) in [5.74, 6) is 0. The van der Waals surface area contributed by atoms with Crippen molar-refractivity contribution in [2.24, 2.45) is 0 Å². The molecule has 0 aliphatic heterocycles. The first-order chi connectivity index (χ1) is 9.02. The van der Waals surface area contributed by atoms with Crippen molar-refractivity contribution in [3.05, 3.63) is 35.4 Å². The van der Waals surface area contributed by atoms with Gasteiger partial charge in [-0.3, -0.25) is 4.90 Å². The van der Waals surface area contributed by atoms with Gasteiger partial charge in [-0.2, -0.15) is 0 Å². The van der Waals surface area contributed by atoms with E-state index in [1.807, 2.05) is 0 Å². The first kappa shape index (κ1) is 16.2. The van der Waals surface area contributed by atoms with Gasteiger partial charge in [-0.05, 0) is 52.8 Å². The Bertz CT molecular complexity index is 362. The van der Waals surface area contributed by atoms with Gasteiger partial charge >= 0.3 is 0 Å². The van der Waals surface area contributed by atoms with E-state index in [2.05, 4.69) is 69.2 Å². The summed E-state index contributed by atoms with van der Waals surface area (Å²) in [5.41, 5.74) is 2.75. The molecular formula is C17H30N2. The highest BCUT2D eigenvalue weighted by Crippen LogP contribution is 2.11. The fraction of sp³-hybridized carbons (Fsp3) is 0.647. The largest absolute Gasteiger partial charge is 0.314 e. The molecule has 1 N–H and O–H groups in total. The molecule has 1 aromatic rings. The van der Waals surface area contributed by atoms with E-state index in [1.54, 1.807) is 0 Å². The number of aryl methyl sites for hydroxylation is 1. The fourth-order valence-electron chi connectivity index (χ4n) is 2.42. The normalized spacial score (nSPS) is 14.6. The number of nitrogens with one attached hydrogen (secondary N) is 1. The Morgan fingerprint density at radius 2 is 2.00 bits per heavy atom. The van der Waals surface area contributed by atoms with Crippen LogP contribution in [-0.2, 0) is 6.54 Å². The number of hydrogen-bond donors (Lipinski definition) is 1. The summed E-state index contributed by atoms with van der Waals surface area (Å²) in [4.78, 5) is 2.44. The van der Waals surface area contributed by atoms with Crippen LogP contribution in [0.4, 0.5) is 0 Å². The second-order valence-electron chi connectivity index (χ2n) is 5.84. The van der Waals surface area contributed by atoms with Crippen LogP contribution >= 0.6 is 0 Å². The average molecular weight is 262 g/mol. The van der Waals surface area contributed by atoms with Gasteiger partial charge in [-0.25, -0.2) is 0 Å². The molecule has 108 valence electrons. The minimum absolute atomic E-state index is 0.593. The molecular weight excluding hydrogens is 232 g/mol. The molecule has 0 aliphatic carbocycles. The summed E-state index contributed by atoms with van der Waals surface area (Å²) in [7, 11) is 2.22. The molecule has 0 fully saturated rings. The lowest BCUT2D eigenvalue weighted by atomic mass is 10.1. The van der Waals surface area contributed by atoms with Crippen LogP contribution in [0.25, 0.3) is 0 Å². The first-order valence-electron chi connectivity index (χ1n) is 7.52. The van der Waals surface area contributed by atoms with E-state index in [-0.39, 0.29) is 0 Å². The summed E-state index contributed by atoms with van der Waals surface area (Å²) >= 11 is 0. The fourth-order valence-corrected chi connectivity index (χ4v) is 2.42. The summed E-state index contributed by atoms with van der Waals surface area (Å²) in [6, 6.07) is 9.99. The van der Waals surface area contributed by atoms with Gasteiger partial charge in [-0.15, -0.1) is 0 Å². The van der Waals surface area contributed by atoms with Crippen LogP contribution in [-0.4, -0.2) is 30.6 Å². The van der Waals surface area contributed by atoms with Crippen molar-refractivity contribution < 1.29 is 0 Å². The van der Waals surface area contributed by atoms with E-state index in [0.29, 0.717) is 12.1 Å². The van der Waals surface area contributed by atoms with E-state index in [4.69, 9.17) is 0 Å². The number of nitrogens with zero attached hydrogens (tertiary/aromatic N) is 1. The molecule has 1 aromatic carbocycles. The maximum atomic E-state index is 3.56. The molecule has 2 unspecified atom stereocenters. The Hall–Kier alpha value is -0.860. The highest BCUT2D eigenvalue weighted by atomic mass is 15.1. The van der Waals surface area contributed by atoms with Crippen LogP contribution < -0.4 is 5.32 Å². The van der Waals surface area contributed by atoms with E-state index in [1.165, 1.54) is 24.0 Å². The zero-order valence-electron chi connectivity index (χ0n) is 13.2. The van der Waals surface area contributed by atoms with Crippen LogP contribution in [0.15, 0.2) is 24.3 Å². The highest BCUT2D eigenvalue weighted by molar-refractivity contribution is 5.22.